The van der Waals surface area contributed by atoms with Gasteiger partial charge in [0.2, 0.25) is 0 Å². The highest BCUT2D eigenvalue weighted by Crippen LogP contribution is 2.25. The number of H-pyrrole nitrogens is 1. The van der Waals surface area contributed by atoms with Crippen molar-refractivity contribution in [3.05, 3.63) is 17.8 Å². The van der Waals surface area contributed by atoms with Crippen molar-refractivity contribution in [2.24, 2.45) is 11.7 Å². The number of nitrogens with one attached hydrogen (secondary N) is 1. The number of hydrogen-bond donors (Lipinski definition) is 3. The minimum absolute atomic E-state index is 0.485. The Hall–Kier alpha value is -1.00. The van der Waals surface area contributed by atoms with Crippen LogP contribution in [0.2, 0.25) is 0 Å². The Labute approximate surface area is 109 Å². The lowest BCUT2D eigenvalue weighted by Crippen LogP contribution is -2.15. The number of hydrogen-bond acceptors (Lipinski definition) is 3. The molecule has 0 saturated heterocycles. The second-order valence-electron chi connectivity index (χ2n) is 5.19. The normalized spacial score (nSPS) is 18.8. The SMILES string of the molecule is NCCC(O)c1ccc(OCC2CCCCC2)[nH]1. The zero-order valence-electron chi connectivity index (χ0n) is 10.9. The molecule has 1 heterocycles. The maximum atomic E-state index is 9.78. The molecule has 1 atom stereocenters. The molecule has 1 aromatic heterocycles. The summed E-state index contributed by atoms with van der Waals surface area (Å²) < 4.78 is 5.76. The van der Waals surface area contributed by atoms with E-state index in [0.717, 1.165) is 18.2 Å². The lowest BCUT2D eigenvalue weighted by molar-refractivity contribution is 0.163. The van der Waals surface area contributed by atoms with Crippen LogP contribution < -0.4 is 10.5 Å². The number of aliphatic hydroxyl groups excluding tert-OH is 1. The Balaban J connectivity index is 1.79. The standard InChI is InChI=1S/C14H24N2O2/c15-9-8-13(17)12-6-7-14(16-12)18-10-11-4-2-1-3-5-11/h6-7,11,13,16-17H,1-5,8-10,15H2. The maximum Gasteiger partial charge on any atom is 0.190 e. The third-order valence-corrected chi connectivity index (χ3v) is 3.68. The monoisotopic (exact) mass is 252 g/mol. The first kappa shape index (κ1) is 13.4. The van der Waals surface area contributed by atoms with Crippen molar-refractivity contribution in [1.29, 1.82) is 0 Å². The van der Waals surface area contributed by atoms with Crippen LogP contribution in [0.3, 0.4) is 0 Å². The molecule has 0 spiro atoms. The van der Waals surface area contributed by atoms with Gasteiger partial charge in [0, 0.05) is 11.8 Å². The van der Waals surface area contributed by atoms with E-state index in [1.165, 1.54) is 32.1 Å². The highest BCUT2D eigenvalue weighted by molar-refractivity contribution is 5.19. The molecule has 102 valence electrons. The van der Waals surface area contributed by atoms with E-state index in [1.54, 1.807) is 0 Å². The number of aromatic nitrogens is 1. The van der Waals surface area contributed by atoms with Crippen molar-refractivity contribution in [2.75, 3.05) is 13.2 Å². The molecule has 4 heteroatoms. The van der Waals surface area contributed by atoms with Gasteiger partial charge in [-0.1, -0.05) is 19.3 Å². The van der Waals surface area contributed by atoms with Gasteiger partial charge in [0.1, 0.15) is 0 Å². The third kappa shape index (κ3) is 3.75. The van der Waals surface area contributed by atoms with E-state index in [1.807, 2.05) is 12.1 Å². The summed E-state index contributed by atoms with van der Waals surface area (Å²) in [5.41, 5.74) is 6.22. The predicted molar refractivity (Wildman–Crippen MR) is 71.5 cm³/mol. The molecule has 18 heavy (non-hydrogen) atoms. The molecule has 4 N–H and O–H groups in total. The lowest BCUT2D eigenvalue weighted by atomic mass is 9.90. The van der Waals surface area contributed by atoms with Crippen LogP contribution in [0.15, 0.2) is 12.1 Å². The fourth-order valence-corrected chi connectivity index (χ4v) is 2.54. The number of aliphatic hydroxyl groups is 1. The second kappa shape index (κ2) is 6.81. The van der Waals surface area contributed by atoms with E-state index in [0.29, 0.717) is 18.9 Å². The molecule has 0 bridgehead atoms. The van der Waals surface area contributed by atoms with Crippen molar-refractivity contribution in [3.8, 4) is 5.88 Å². The molecule has 0 aliphatic heterocycles. The Morgan fingerprint density at radius 1 is 1.33 bits per heavy atom. The van der Waals surface area contributed by atoms with Crippen LogP contribution in [0.4, 0.5) is 0 Å². The number of ether oxygens (including phenoxy) is 1. The average Bonchev–Trinajstić information content (AvgIpc) is 2.87. The zero-order valence-corrected chi connectivity index (χ0v) is 10.9. The van der Waals surface area contributed by atoms with Crippen LogP contribution in [-0.4, -0.2) is 23.2 Å². The summed E-state index contributed by atoms with van der Waals surface area (Å²) in [6.07, 6.45) is 6.66. The van der Waals surface area contributed by atoms with Crippen LogP contribution in [0.5, 0.6) is 5.88 Å². The largest absolute Gasteiger partial charge is 0.479 e. The van der Waals surface area contributed by atoms with Gasteiger partial charge in [-0.05, 0) is 37.8 Å². The minimum Gasteiger partial charge on any atom is -0.479 e. The zero-order chi connectivity index (χ0) is 12.8. The number of rotatable bonds is 6. The molecule has 1 saturated carbocycles. The first-order valence-electron chi connectivity index (χ1n) is 6.99. The van der Waals surface area contributed by atoms with Crippen molar-refractivity contribution >= 4 is 0 Å². The Bertz CT molecular complexity index is 345. The molecule has 4 nitrogen and oxygen atoms in total. The molecule has 1 aliphatic rings. The minimum atomic E-state index is -0.512. The molecule has 1 fully saturated rings. The van der Waals surface area contributed by atoms with Gasteiger partial charge in [-0.3, -0.25) is 0 Å². The summed E-state index contributed by atoms with van der Waals surface area (Å²) in [5, 5.41) is 9.78. The van der Waals surface area contributed by atoms with Crippen LogP contribution in [0.1, 0.15) is 50.3 Å². The van der Waals surface area contributed by atoms with Gasteiger partial charge in [0.25, 0.3) is 0 Å². The summed E-state index contributed by atoms with van der Waals surface area (Å²) in [6, 6.07) is 3.76. The van der Waals surface area contributed by atoms with Gasteiger partial charge in [-0.25, -0.2) is 0 Å². The van der Waals surface area contributed by atoms with Crippen LogP contribution in [0.25, 0.3) is 0 Å². The third-order valence-electron chi connectivity index (χ3n) is 3.68. The van der Waals surface area contributed by atoms with E-state index >= 15 is 0 Å². The Morgan fingerprint density at radius 2 is 2.11 bits per heavy atom. The molecule has 0 amide bonds. The molecule has 2 rings (SSSR count). The number of aromatic amines is 1. The van der Waals surface area contributed by atoms with E-state index < -0.39 is 6.10 Å². The van der Waals surface area contributed by atoms with Crippen LogP contribution in [-0.2, 0) is 0 Å². The average molecular weight is 252 g/mol. The smallest absolute Gasteiger partial charge is 0.190 e. The first-order chi connectivity index (χ1) is 8.79. The van der Waals surface area contributed by atoms with Crippen molar-refractivity contribution in [2.45, 2.75) is 44.6 Å². The summed E-state index contributed by atoms with van der Waals surface area (Å²) in [7, 11) is 0. The summed E-state index contributed by atoms with van der Waals surface area (Å²) >= 11 is 0. The van der Waals surface area contributed by atoms with E-state index in [4.69, 9.17) is 10.5 Å². The Morgan fingerprint density at radius 3 is 2.83 bits per heavy atom. The highest BCUT2D eigenvalue weighted by atomic mass is 16.5. The molecule has 0 radical (unpaired) electrons. The topological polar surface area (TPSA) is 71.3 Å². The maximum absolute atomic E-state index is 9.78. The predicted octanol–water partition coefficient (Wildman–Crippen LogP) is 2.36. The molecule has 0 aromatic carbocycles. The van der Waals surface area contributed by atoms with Gasteiger partial charge in [0.05, 0.1) is 12.7 Å². The van der Waals surface area contributed by atoms with E-state index in [-0.39, 0.29) is 0 Å². The van der Waals surface area contributed by atoms with E-state index in [2.05, 4.69) is 4.98 Å². The van der Waals surface area contributed by atoms with Gasteiger partial charge >= 0.3 is 0 Å². The molecular weight excluding hydrogens is 228 g/mol. The molecule has 1 aliphatic carbocycles. The van der Waals surface area contributed by atoms with Crippen molar-refractivity contribution in [3.63, 3.8) is 0 Å². The summed E-state index contributed by atoms with van der Waals surface area (Å²) in [5.74, 6) is 1.45. The molecule has 1 aromatic rings. The highest BCUT2D eigenvalue weighted by Gasteiger charge is 2.15. The fraction of sp³-hybridized carbons (Fsp3) is 0.714. The second-order valence-corrected chi connectivity index (χ2v) is 5.19. The Kier molecular flexibility index (Phi) is 5.08. The van der Waals surface area contributed by atoms with Crippen LogP contribution in [0, 0.1) is 5.92 Å². The van der Waals surface area contributed by atoms with Crippen molar-refractivity contribution in [1.82, 2.24) is 4.98 Å². The lowest BCUT2D eigenvalue weighted by Gasteiger charge is -2.21. The quantitative estimate of drug-likeness (QED) is 0.727. The summed E-state index contributed by atoms with van der Waals surface area (Å²) in [6.45, 7) is 1.27. The first-order valence-corrected chi connectivity index (χ1v) is 6.99. The fourth-order valence-electron chi connectivity index (χ4n) is 2.54. The van der Waals surface area contributed by atoms with Gasteiger partial charge < -0.3 is 20.6 Å². The van der Waals surface area contributed by atoms with E-state index in [9.17, 15) is 5.11 Å². The van der Waals surface area contributed by atoms with Crippen molar-refractivity contribution < 1.29 is 9.84 Å². The van der Waals surface area contributed by atoms with Gasteiger partial charge in [0.15, 0.2) is 5.88 Å². The number of nitrogens with two attached hydrogens (primary N) is 1. The molecular formula is C14H24N2O2. The van der Waals surface area contributed by atoms with Crippen LogP contribution >= 0.6 is 0 Å². The summed E-state index contributed by atoms with van der Waals surface area (Å²) in [4.78, 5) is 3.11. The molecule has 1 unspecified atom stereocenters. The van der Waals surface area contributed by atoms with Gasteiger partial charge in [-0.2, -0.15) is 0 Å². The van der Waals surface area contributed by atoms with Gasteiger partial charge in [-0.15, -0.1) is 0 Å².